The first-order valence-electron chi connectivity index (χ1n) is 7.78. The van der Waals surface area contributed by atoms with Gasteiger partial charge in [-0.25, -0.2) is 4.79 Å². The van der Waals surface area contributed by atoms with Crippen molar-refractivity contribution in [2.45, 2.75) is 18.9 Å². The maximum atomic E-state index is 12.6. The molecule has 2 atom stereocenters. The first-order valence-corrected chi connectivity index (χ1v) is 8.57. The van der Waals surface area contributed by atoms with Gasteiger partial charge in [0.25, 0.3) is 0 Å². The van der Waals surface area contributed by atoms with Gasteiger partial charge in [0.1, 0.15) is 0 Å². The van der Waals surface area contributed by atoms with Crippen LogP contribution in [0.5, 0.6) is 0 Å². The predicted octanol–water partition coefficient (Wildman–Crippen LogP) is 3.91. The van der Waals surface area contributed by atoms with Crippen molar-refractivity contribution in [2.24, 2.45) is 5.92 Å². The number of carboxylic acid groups (broad SMARTS) is 1. The Labute approximate surface area is 149 Å². The van der Waals surface area contributed by atoms with Crippen LogP contribution in [-0.2, 0) is 11.3 Å². The highest BCUT2D eigenvalue weighted by molar-refractivity contribution is 9.10. The second-order valence-corrected chi connectivity index (χ2v) is 7.11. The van der Waals surface area contributed by atoms with E-state index in [1.54, 1.807) is 36.2 Å². The number of aromatic carboxylic acids is 1. The zero-order chi connectivity index (χ0) is 17.3. The van der Waals surface area contributed by atoms with Gasteiger partial charge in [-0.15, -0.1) is 0 Å². The average Bonchev–Trinajstić information content (AvgIpc) is 3.36. The van der Waals surface area contributed by atoms with Crippen LogP contribution in [0.15, 0.2) is 53.0 Å². The topological polar surface area (TPSA) is 57.6 Å². The Morgan fingerprint density at radius 1 is 1.12 bits per heavy atom. The Balaban J connectivity index is 1.59. The molecule has 1 N–H and O–H groups in total. The number of carboxylic acids is 1. The summed E-state index contributed by atoms with van der Waals surface area (Å²) >= 11 is 3.42. The molecule has 4 nitrogen and oxygen atoms in total. The van der Waals surface area contributed by atoms with Crippen molar-refractivity contribution in [2.75, 3.05) is 7.05 Å². The van der Waals surface area contributed by atoms with Crippen molar-refractivity contribution in [1.29, 1.82) is 0 Å². The van der Waals surface area contributed by atoms with E-state index in [4.69, 9.17) is 5.11 Å². The lowest BCUT2D eigenvalue weighted by Crippen LogP contribution is -2.28. The standard InChI is InChI=1S/C19H18BrNO3/c1-21(11-12-2-4-14(5-3-12)19(23)24)18(22)17-10-16(17)13-6-8-15(20)9-7-13/h2-9,16-17H,10-11H2,1H3,(H,23,24). The number of carbonyl (C=O) groups excluding carboxylic acids is 1. The number of benzene rings is 2. The molecular weight excluding hydrogens is 370 g/mol. The number of carbonyl (C=O) groups is 2. The predicted molar refractivity (Wildman–Crippen MR) is 94.9 cm³/mol. The van der Waals surface area contributed by atoms with Gasteiger partial charge < -0.3 is 10.0 Å². The van der Waals surface area contributed by atoms with Crippen molar-refractivity contribution < 1.29 is 14.7 Å². The third-order valence-electron chi connectivity index (χ3n) is 4.40. The molecule has 0 aromatic heterocycles. The van der Waals surface area contributed by atoms with E-state index in [9.17, 15) is 9.59 Å². The molecule has 5 heteroatoms. The Hall–Kier alpha value is -2.14. The Kier molecular flexibility index (Phi) is 4.71. The molecule has 124 valence electrons. The fourth-order valence-electron chi connectivity index (χ4n) is 2.93. The second-order valence-electron chi connectivity index (χ2n) is 6.20. The molecule has 2 unspecified atom stereocenters. The fraction of sp³-hybridized carbons (Fsp3) is 0.263. The van der Waals surface area contributed by atoms with E-state index in [2.05, 4.69) is 28.1 Å². The van der Waals surface area contributed by atoms with Crippen LogP contribution in [-0.4, -0.2) is 28.9 Å². The first-order chi connectivity index (χ1) is 11.5. The normalized spacial score (nSPS) is 18.9. The molecule has 1 saturated carbocycles. The highest BCUT2D eigenvalue weighted by Gasteiger charge is 2.45. The van der Waals surface area contributed by atoms with Crippen LogP contribution >= 0.6 is 15.9 Å². The summed E-state index contributed by atoms with van der Waals surface area (Å²) in [6.07, 6.45) is 0.892. The molecule has 1 fully saturated rings. The smallest absolute Gasteiger partial charge is 0.335 e. The quantitative estimate of drug-likeness (QED) is 0.845. The zero-order valence-electron chi connectivity index (χ0n) is 13.3. The number of hydrogen-bond donors (Lipinski definition) is 1. The molecule has 0 heterocycles. The van der Waals surface area contributed by atoms with Gasteiger partial charge in [-0.2, -0.15) is 0 Å². The van der Waals surface area contributed by atoms with E-state index in [0.717, 1.165) is 16.5 Å². The summed E-state index contributed by atoms with van der Waals surface area (Å²) in [7, 11) is 1.80. The summed E-state index contributed by atoms with van der Waals surface area (Å²) in [6.45, 7) is 0.488. The fourth-order valence-corrected chi connectivity index (χ4v) is 3.20. The van der Waals surface area contributed by atoms with Gasteiger partial charge in [0.2, 0.25) is 5.91 Å². The summed E-state index contributed by atoms with van der Waals surface area (Å²) in [6, 6.07) is 14.8. The highest BCUT2D eigenvalue weighted by atomic mass is 79.9. The summed E-state index contributed by atoms with van der Waals surface area (Å²) < 4.78 is 1.04. The minimum atomic E-state index is -0.943. The van der Waals surface area contributed by atoms with Gasteiger partial charge in [0.15, 0.2) is 0 Å². The van der Waals surface area contributed by atoms with Crippen LogP contribution in [0, 0.1) is 5.92 Å². The number of rotatable bonds is 5. The van der Waals surface area contributed by atoms with E-state index in [-0.39, 0.29) is 17.4 Å². The van der Waals surface area contributed by atoms with E-state index in [1.165, 1.54) is 5.56 Å². The third kappa shape index (κ3) is 3.67. The molecule has 1 amide bonds. The van der Waals surface area contributed by atoms with Gasteiger partial charge in [-0.3, -0.25) is 4.79 Å². The van der Waals surface area contributed by atoms with Crippen molar-refractivity contribution in [3.05, 3.63) is 69.7 Å². The summed E-state index contributed by atoms with van der Waals surface area (Å²) in [5.41, 5.74) is 2.39. The Morgan fingerprint density at radius 2 is 1.75 bits per heavy atom. The summed E-state index contributed by atoms with van der Waals surface area (Å²) in [5, 5.41) is 8.91. The molecule has 0 aliphatic heterocycles. The van der Waals surface area contributed by atoms with E-state index >= 15 is 0 Å². The summed E-state index contributed by atoms with van der Waals surface area (Å²) in [5.74, 6) is -0.441. The minimum absolute atomic E-state index is 0.0504. The number of hydrogen-bond acceptors (Lipinski definition) is 2. The third-order valence-corrected chi connectivity index (χ3v) is 4.93. The van der Waals surface area contributed by atoms with Crippen LogP contribution in [0.3, 0.4) is 0 Å². The molecule has 0 radical (unpaired) electrons. The monoisotopic (exact) mass is 387 g/mol. The lowest BCUT2D eigenvalue weighted by Gasteiger charge is -2.17. The lowest BCUT2D eigenvalue weighted by atomic mass is 10.1. The van der Waals surface area contributed by atoms with Crippen molar-refractivity contribution in [3.63, 3.8) is 0 Å². The second kappa shape index (κ2) is 6.77. The first kappa shape index (κ1) is 16.7. The molecule has 24 heavy (non-hydrogen) atoms. The molecule has 0 bridgehead atoms. The molecule has 1 aliphatic rings. The van der Waals surface area contributed by atoms with Gasteiger partial charge >= 0.3 is 5.97 Å². The van der Waals surface area contributed by atoms with Crippen LogP contribution < -0.4 is 0 Å². The maximum absolute atomic E-state index is 12.6. The van der Waals surface area contributed by atoms with Gasteiger partial charge in [-0.1, -0.05) is 40.2 Å². The molecule has 3 rings (SSSR count). The SMILES string of the molecule is CN(Cc1ccc(C(=O)O)cc1)C(=O)C1CC1c1ccc(Br)cc1. The summed E-state index contributed by atoms with van der Waals surface area (Å²) in [4.78, 5) is 25.1. The lowest BCUT2D eigenvalue weighted by molar-refractivity contribution is -0.131. The molecule has 0 saturated heterocycles. The highest BCUT2D eigenvalue weighted by Crippen LogP contribution is 2.48. The Bertz CT molecular complexity index is 755. The average molecular weight is 388 g/mol. The Morgan fingerprint density at radius 3 is 2.33 bits per heavy atom. The zero-order valence-corrected chi connectivity index (χ0v) is 14.9. The van der Waals surface area contributed by atoms with E-state index in [1.807, 2.05) is 12.1 Å². The van der Waals surface area contributed by atoms with Crippen molar-refractivity contribution in [1.82, 2.24) is 4.90 Å². The van der Waals surface area contributed by atoms with Crippen LogP contribution in [0.2, 0.25) is 0 Å². The van der Waals surface area contributed by atoms with Crippen molar-refractivity contribution in [3.8, 4) is 0 Å². The van der Waals surface area contributed by atoms with Gasteiger partial charge in [0, 0.05) is 24.0 Å². The van der Waals surface area contributed by atoms with Gasteiger partial charge in [-0.05, 0) is 47.7 Å². The number of halogens is 1. The molecular formula is C19H18BrNO3. The molecule has 2 aromatic rings. The van der Waals surface area contributed by atoms with Crippen molar-refractivity contribution >= 4 is 27.8 Å². The largest absolute Gasteiger partial charge is 0.478 e. The number of nitrogens with zero attached hydrogens (tertiary/aromatic N) is 1. The maximum Gasteiger partial charge on any atom is 0.335 e. The molecule has 1 aliphatic carbocycles. The van der Waals surface area contributed by atoms with E-state index in [0.29, 0.717) is 12.5 Å². The van der Waals surface area contributed by atoms with Crippen LogP contribution in [0.1, 0.15) is 33.8 Å². The number of amides is 1. The molecule has 0 spiro atoms. The molecule has 2 aromatic carbocycles. The van der Waals surface area contributed by atoms with Crippen LogP contribution in [0.4, 0.5) is 0 Å². The minimum Gasteiger partial charge on any atom is -0.478 e. The van der Waals surface area contributed by atoms with E-state index < -0.39 is 5.97 Å². The van der Waals surface area contributed by atoms with Crippen LogP contribution in [0.25, 0.3) is 0 Å². The van der Waals surface area contributed by atoms with Gasteiger partial charge in [0.05, 0.1) is 5.56 Å².